The fourth-order valence-corrected chi connectivity index (χ4v) is 2.36. The van der Waals surface area contributed by atoms with Crippen LogP contribution in [0.25, 0.3) is 0 Å². The third-order valence-corrected chi connectivity index (χ3v) is 3.95. The maximum absolute atomic E-state index is 12.4. The summed E-state index contributed by atoms with van der Waals surface area (Å²) in [7, 11) is 0. The first-order chi connectivity index (χ1) is 12.0. The number of nitrogens with zero attached hydrogens (tertiary/aromatic N) is 3. The normalized spacial score (nSPS) is 10.5. The Morgan fingerprint density at radius 2 is 1.80 bits per heavy atom. The van der Waals surface area contributed by atoms with Crippen molar-refractivity contribution in [2.24, 2.45) is 0 Å². The lowest BCUT2D eigenvalue weighted by Gasteiger charge is -2.09. The van der Waals surface area contributed by atoms with Gasteiger partial charge in [0.25, 0.3) is 11.5 Å². The summed E-state index contributed by atoms with van der Waals surface area (Å²) < 4.78 is 1.27. The van der Waals surface area contributed by atoms with Gasteiger partial charge in [-0.15, -0.1) is 0 Å². The lowest BCUT2D eigenvalue weighted by atomic mass is 10.1. The second kappa shape index (κ2) is 7.09. The van der Waals surface area contributed by atoms with E-state index in [4.69, 9.17) is 0 Å². The Kier molecular flexibility index (Phi) is 4.70. The van der Waals surface area contributed by atoms with Crippen molar-refractivity contribution in [2.45, 2.75) is 20.4 Å². The molecular weight excluding hydrogens is 316 g/mol. The average Bonchev–Trinajstić information content (AvgIpc) is 2.61. The smallest absolute Gasteiger partial charge is 0.276 e. The number of hydrogen-bond donors (Lipinski definition) is 1. The van der Waals surface area contributed by atoms with Crippen molar-refractivity contribution in [3.05, 3.63) is 87.6 Å². The highest BCUT2D eigenvalue weighted by Crippen LogP contribution is 2.14. The van der Waals surface area contributed by atoms with Crippen molar-refractivity contribution in [3.63, 3.8) is 0 Å². The van der Waals surface area contributed by atoms with E-state index in [0.717, 1.165) is 16.7 Å². The molecule has 0 atom stereocenters. The molecule has 3 rings (SSSR count). The van der Waals surface area contributed by atoms with Gasteiger partial charge >= 0.3 is 0 Å². The molecule has 126 valence electrons. The van der Waals surface area contributed by atoms with Crippen molar-refractivity contribution in [1.82, 2.24) is 14.8 Å². The van der Waals surface area contributed by atoms with Gasteiger partial charge in [-0.25, -0.2) is 4.68 Å². The molecule has 0 fully saturated rings. The molecule has 1 N–H and O–H groups in total. The molecule has 0 radical (unpaired) electrons. The maximum Gasteiger partial charge on any atom is 0.276 e. The molecule has 0 aliphatic carbocycles. The first kappa shape index (κ1) is 16.6. The van der Waals surface area contributed by atoms with Crippen LogP contribution in [-0.4, -0.2) is 20.7 Å². The highest BCUT2D eigenvalue weighted by molar-refractivity contribution is 6.02. The van der Waals surface area contributed by atoms with Gasteiger partial charge in [0.2, 0.25) is 0 Å². The monoisotopic (exact) mass is 334 g/mol. The van der Waals surface area contributed by atoms with E-state index in [9.17, 15) is 9.59 Å². The molecule has 0 aliphatic heterocycles. The SMILES string of the molecule is Cc1ccc(NC(=O)c2ccc(=O)n(Cc3ccncc3)n2)cc1C. The molecule has 2 heterocycles. The molecule has 0 aliphatic rings. The number of hydrogen-bond acceptors (Lipinski definition) is 4. The van der Waals surface area contributed by atoms with Crippen LogP contribution in [0.4, 0.5) is 5.69 Å². The van der Waals surface area contributed by atoms with Crippen LogP contribution >= 0.6 is 0 Å². The standard InChI is InChI=1S/C19H18N4O2/c1-13-3-4-16(11-14(13)2)21-19(25)17-5-6-18(24)23(22-17)12-15-7-9-20-10-8-15/h3-11H,12H2,1-2H3,(H,21,25). The molecule has 6 nitrogen and oxygen atoms in total. The number of rotatable bonds is 4. The number of carbonyl (C=O) groups is 1. The maximum atomic E-state index is 12.4. The second-order valence-electron chi connectivity index (χ2n) is 5.82. The molecule has 1 aromatic carbocycles. The van der Waals surface area contributed by atoms with Crippen LogP contribution in [0, 0.1) is 13.8 Å². The van der Waals surface area contributed by atoms with Crippen molar-refractivity contribution in [3.8, 4) is 0 Å². The van der Waals surface area contributed by atoms with E-state index in [2.05, 4.69) is 15.4 Å². The molecule has 1 amide bonds. The van der Waals surface area contributed by atoms with E-state index in [-0.39, 0.29) is 23.7 Å². The van der Waals surface area contributed by atoms with E-state index >= 15 is 0 Å². The van der Waals surface area contributed by atoms with Crippen LogP contribution in [0.5, 0.6) is 0 Å². The number of pyridine rings is 1. The zero-order valence-corrected chi connectivity index (χ0v) is 14.1. The largest absolute Gasteiger partial charge is 0.321 e. The summed E-state index contributed by atoms with van der Waals surface area (Å²) in [4.78, 5) is 28.4. The van der Waals surface area contributed by atoms with Crippen LogP contribution in [0.3, 0.4) is 0 Å². The van der Waals surface area contributed by atoms with Gasteiger partial charge in [0, 0.05) is 24.1 Å². The molecule has 0 unspecified atom stereocenters. The molecule has 3 aromatic rings. The van der Waals surface area contributed by atoms with E-state index in [1.165, 1.54) is 16.8 Å². The predicted octanol–water partition coefficient (Wildman–Crippen LogP) is 2.56. The number of carbonyl (C=O) groups excluding carboxylic acids is 1. The summed E-state index contributed by atoms with van der Waals surface area (Å²) in [6.45, 7) is 4.28. The number of benzene rings is 1. The lowest BCUT2D eigenvalue weighted by Crippen LogP contribution is -2.26. The third-order valence-electron chi connectivity index (χ3n) is 3.95. The number of aromatic nitrogens is 3. The Morgan fingerprint density at radius 1 is 1.04 bits per heavy atom. The zero-order chi connectivity index (χ0) is 17.8. The van der Waals surface area contributed by atoms with Crippen LogP contribution in [0.2, 0.25) is 0 Å². The van der Waals surface area contributed by atoms with Crippen LogP contribution in [0.1, 0.15) is 27.2 Å². The van der Waals surface area contributed by atoms with E-state index in [1.807, 2.05) is 32.0 Å². The molecule has 2 aromatic heterocycles. The Balaban J connectivity index is 1.82. The van der Waals surface area contributed by atoms with E-state index < -0.39 is 0 Å². The molecular formula is C19H18N4O2. The fourth-order valence-electron chi connectivity index (χ4n) is 2.36. The Morgan fingerprint density at radius 3 is 2.52 bits per heavy atom. The fraction of sp³-hybridized carbons (Fsp3) is 0.158. The number of nitrogens with one attached hydrogen (secondary N) is 1. The van der Waals surface area contributed by atoms with Crippen molar-refractivity contribution in [1.29, 1.82) is 0 Å². The minimum absolute atomic E-state index is 0.187. The number of aryl methyl sites for hydroxylation is 2. The third kappa shape index (κ3) is 3.98. The van der Waals surface area contributed by atoms with Crippen LogP contribution in [0.15, 0.2) is 59.7 Å². The van der Waals surface area contributed by atoms with Gasteiger partial charge in [-0.05, 0) is 60.9 Å². The zero-order valence-electron chi connectivity index (χ0n) is 14.1. The van der Waals surface area contributed by atoms with Gasteiger partial charge in [-0.2, -0.15) is 5.10 Å². The Hall–Kier alpha value is -3.28. The van der Waals surface area contributed by atoms with Crippen LogP contribution < -0.4 is 10.9 Å². The topological polar surface area (TPSA) is 76.9 Å². The summed E-state index contributed by atoms with van der Waals surface area (Å²) >= 11 is 0. The lowest BCUT2D eigenvalue weighted by molar-refractivity contribution is 0.102. The number of amides is 1. The first-order valence-electron chi connectivity index (χ1n) is 7.88. The molecule has 0 bridgehead atoms. The minimum Gasteiger partial charge on any atom is -0.321 e. The molecule has 0 saturated carbocycles. The van der Waals surface area contributed by atoms with Gasteiger partial charge in [0.15, 0.2) is 0 Å². The van der Waals surface area contributed by atoms with Gasteiger partial charge < -0.3 is 5.32 Å². The predicted molar refractivity (Wildman–Crippen MR) is 95.7 cm³/mol. The molecule has 25 heavy (non-hydrogen) atoms. The second-order valence-corrected chi connectivity index (χ2v) is 5.82. The summed E-state index contributed by atoms with van der Waals surface area (Å²) in [6, 6.07) is 12.1. The average molecular weight is 334 g/mol. The van der Waals surface area contributed by atoms with Gasteiger partial charge in [0.1, 0.15) is 5.69 Å². The van der Waals surface area contributed by atoms with Gasteiger partial charge in [-0.1, -0.05) is 6.07 Å². The summed E-state index contributed by atoms with van der Waals surface area (Å²) in [5.41, 5.74) is 3.75. The van der Waals surface area contributed by atoms with Gasteiger partial charge in [0.05, 0.1) is 6.54 Å². The highest BCUT2D eigenvalue weighted by Gasteiger charge is 2.11. The Bertz CT molecular complexity index is 965. The number of anilines is 1. The molecule has 6 heteroatoms. The van der Waals surface area contributed by atoms with E-state index in [1.54, 1.807) is 24.5 Å². The van der Waals surface area contributed by atoms with Crippen molar-refractivity contribution < 1.29 is 4.79 Å². The quantitative estimate of drug-likeness (QED) is 0.795. The summed E-state index contributed by atoms with van der Waals surface area (Å²) in [6.07, 6.45) is 3.30. The first-order valence-corrected chi connectivity index (χ1v) is 7.88. The molecule has 0 saturated heterocycles. The van der Waals surface area contributed by atoms with Crippen molar-refractivity contribution >= 4 is 11.6 Å². The van der Waals surface area contributed by atoms with Crippen LogP contribution in [-0.2, 0) is 6.54 Å². The molecule has 0 spiro atoms. The summed E-state index contributed by atoms with van der Waals surface area (Å²) in [5, 5.41) is 6.99. The van der Waals surface area contributed by atoms with E-state index in [0.29, 0.717) is 5.69 Å². The van der Waals surface area contributed by atoms with Gasteiger partial charge in [-0.3, -0.25) is 14.6 Å². The van der Waals surface area contributed by atoms with Crippen molar-refractivity contribution in [2.75, 3.05) is 5.32 Å². The Labute approximate surface area is 145 Å². The summed E-state index contributed by atoms with van der Waals surface area (Å²) in [5.74, 6) is -0.355. The highest BCUT2D eigenvalue weighted by atomic mass is 16.2. The minimum atomic E-state index is -0.355.